The summed E-state index contributed by atoms with van der Waals surface area (Å²) >= 11 is 5.36. The Morgan fingerprint density at radius 2 is 0.964 bits per heavy atom. The van der Waals surface area contributed by atoms with Crippen molar-refractivity contribution in [2.45, 2.75) is 150 Å². The molecule has 0 fully saturated rings. The molecule has 16 nitrogen and oxygen atoms in total. The average molecular weight is 1170 g/mol. The number of allylic oxidation sites excluding steroid dienone is 2. The first kappa shape index (κ1) is 68.6. The third kappa shape index (κ3) is 17.8. The molecule has 0 bridgehead atoms. The number of nitrogens with one attached hydrogen (secondary N) is 3. The lowest BCUT2D eigenvalue weighted by Gasteiger charge is -2.39. The fraction of sp³-hybridized carbons (Fsp3) is 0.515. The molecule has 17 heteroatoms. The summed E-state index contributed by atoms with van der Waals surface area (Å²) in [5.74, 6) is 3.87. The first-order chi connectivity index (χ1) is 38.7. The first-order valence-electron chi connectivity index (χ1n) is 28.2. The van der Waals surface area contributed by atoms with Gasteiger partial charge in [-0.05, 0) is 122 Å². The molecule has 2 atom stereocenters. The normalized spacial score (nSPS) is 14.1. The predicted octanol–water partition coefficient (Wildman–Crippen LogP) is 13.6. The maximum atomic E-state index is 14.4. The van der Waals surface area contributed by atoms with Crippen LogP contribution in [0.4, 0.5) is 0 Å². The summed E-state index contributed by atoms with van der Waals surface area (Å²) in [5, 5.41) is 0.916. The van der Waals surface area contributed by atoms with Crippen molar-refractivity contribution in [2.24, 2.45) is 21.7 Å². The van der Waals surface area contributed by atoms with Crippen molar-refractivity contribution in [3.05, 3.63) is 116 Å². The van der Waals surface area contributed by atoms with Gasteiger partial charge in [0.25, 0.3) is 23.0 Å². The highest BCUT2D eigenvalue weighted by atomic mass is 35.5. The van der Waals surface area contributed by atoms with Crippen molar-refractivity contribution >= 4 is 34.6 Å². The average Bonchev–Trinajstić information content (AvgIpc) is 3.56. The molecule has 456 valence electrons. The molecule has 0 saturated carbocycles. The summed E-state index contributed by atoms with van der Waals surface area (Å²) in [4.78, 5) is 52.3. The predicted molar refractivity (Wildman–Crippen MR) is 330 cm³/mol. The number of methoxy groups -OCH3 is 4. The summed E-state index contributed by atoms with van der Waals surface area (Å²) in [6, 6.07) is 13.2. The van der Waals surface area contributed by atoms with Crippen LogP contribution in [-0.4, -0.2) is 94.9 Å². The monoisotopic (exact) mass is 1170 g/mol. The second-order valence-corrected chi connectivity index (χ2v) is 25.1. The number of hydrogen-bond donors (Lipinski definition) is 3. The lowest BCUT2D eigenvalue weighted by atomic mass is 9.80. The van der Waals surface area contributed by atoms with E-state index in [4.69, 9.17) is 49.5 Å². The Balaban J connectivity index is 0.000000302. The van der Waals surface area contributed by atoms with E-state index in [9.17, 15) is 19.2 Å². The van der Waals surface area contributed by atoms with Crippen LogP contribution in [0.2, 0.25) is 0 Å². The highest BCUT2D eigenvalue weighted by Crippen LogP contribution is 2.40. The number of fused-ring (bicyclic) bond motifs is 2. The van der Waals surface area contributed by atoms with Gasteiger partial charge in [-0.3, -0.25) is 30.0 Å². The lowest BCUT2D eigenvalue weighted by Crippen LogP contribution is -2.55. The standard InChI is InChI=1S/C33H46N2O6.C23H36N2O3.C10H11ClO3/c1-12-23-24(13-14-25-29(23)41-16-15-40-25)30(36)34-35(28(33(7,8)9)17-20(2)32(4,5)6)31(37)22-18-26(38-10)21(3)27(19-22)39-11;1-9-16-17(10-11-18-20(16)28-13-12-27-18)21(26)25-24-19(23(6,7)8)14-15(2)22(3,4)5;1-6-8(13-2)4-7(10(11)12)5-9(6)14-3/h13-14,17-19,28H,12,15-16H2,1-11H3,(H,34,36);10-11,14,19,24H,9,12-13H2,1-8H3,(H,25,26);4-5H,1-3H3/b20-17+;15-14+;. The van der Waals surface area contributed by atoms with Gasteiger partial charge in [0.15, 0.2) is 23.0 Å². The fourth-order valence-electron chi connectivity index (χ4n) is 8.86. The molecule has 4 aromatic rings. The second-order valence-electron chi connectivity index (χ2n) is 24.8. The van der Waals surface area contributed by atoms with Gasteiger partial charge in [-0.1, -0.05) is 120 Å². The fourth-order valence-corrected chi connectivity index (χ4v) is 8.97. The van der Waals surface area contributed by atoms with Crippen molar-refractivity contribution in [1.82, 2.24) is 21.3 Å². The Hall–Kier alpha value is -6.91. The maximum absolute atomic E-state index is 14.4. The minimum Gasteiger partial charge on any atom is -0.496 e. The molecule has 2 aliphatic rings. The van der Waals surface area contributed by atoms with E-state index in [1.165, 1.54) is 24.8 Å². The number of carbonyl (C=O) groups excluding carboxylic acids is 4. The highest BCUT2D eigenvalue weighted by molar-refractivity contribution is 6.67. The van der Waals surface area contributed by atoms with Gasteiger partial charge in [0.2, 0.25) is 0 Å². The van der Waals surface area contributed by atoms with Crippen LogP contribution in [0.3, 0.4) is 0 Å². The molecule has 0 saturated heterocycles. The molecule has 3 N–H and O–H groups in total. The third-order valence-electron chi connectivity index (χ3n) is 14.9. The molecule has 0 spiro atoms. The van der Waals surface area contributed by atoms with Gasteiger partial charge in [0, 0.05) is 50.5 Å². The van der Waals surface area contributed by atoms with Crippen LogP contribution in [0, 0.1) is 35.5 Å². The largest absolute Gasteiger partial charge is 0.496 e. The van der Waals surface area contributed by atoms with Gasteiger partial charge in [0.05, 0.1) is 34.5 Å². The van der Waals surface area contributed by atoms with Gasteiger partial charge in [-0.2, -0.15) is 0 Å². The summed E-state index contributed by atoms with van der Waals surface area (Å²) in [6.45, 7) is 39.4. The molecule has 0 aromatic heterocycles. The van der Waals surface area contributed by atoms with Crippen molar-refractivity contribution in [3.8, 4) is 46.0 Å². The molecule has 2 heterocycles. The lowest BCUT2D eigenvalue weighted by molar-refractivity contribution is 0.0389. The Labute approximate surface area is 499 Å². The molecular weight excluding hydrogens is 1080 g/mol. The molecule has 2 aliphatic heterocycles. The van der Waals surface area contributed by atoms with Crippen LogP contribution in [0.5, 0.6) is 46.0 Å². The molecule has 4 aromatic carbocycles. The zero-order valence-corrected chi connectivity index (χ0v) is 54.2. The quantitative estimate of drug-likeness (QED) is 0.0582. The number of hydrazine groups is 2. The molecular formula is C66H93ClN4O12. The Morgan fingerprint density at radius 1 is 0.578 bits per heavy atom. The minimum absolute atomic E-state index is 0.00189. The van der Waals surface area contributed by atoms with Crippen LogP contribution >= 0.6 is 11.6 Å². The maximum Gasteiger partial charge on any atom is 0.273 e. The third-order valence-corrected chi connectivity index (χ3v) is 15.1. The van der Waals surface area contributed by atoms with Gasteiger partial charge in [-0.15, -0.1) is 0 Å². The molecule has 2 unspecified atom stereocenters. The number of nitrogens with zero attached hydrogens (tertiary/aromatic N) is 1. The smallest absolute Gasteiger partial charge is 0.273 e. The number of rotatable bonds is 15. The van der Waals surface area contributed by atoms with E-state index < -0.39 is 22.6 Å². The zero-order valence-electron chi connectivity index (χ0n) is 53.4. The van der Waals surface area contributed by atoms with Crippen LogP contribution in [0.25, 0.3) is 0 Å². The molecule has 0 aliphatic carbocycles. The van der Waals surface area contributed by atoms with Crippen LogP contribution in [0.1, 0.15) is 174 Å². The molecule has 3 amide bonds. The number of halogens is 1. The molecule has 0 radical (unpaired) electrons. The Kier molecular flexibility index (Phi) is 24.0. The van der Waals surface area contributed by atoms with Gasteiger partial charge >= 0.3 is 0 Å². The Bertz CT molecular complexity index is 2960. The number of hydrogen-bond acceptors (Lipinski definition) is 13. The van der Waals surface area contributed by atoms with Crippen molar-refractivity contribution in [3.63, 3.8) is 0 Å². The van der Waals surface area contributed by atoms with E-state index >= 15 is 0 Å². The minimum atomic E-state index is -0.526. The number of ether oxygens (including phenoxy) is 8. The summed E-state index contributed by atoms with van der Waals surface area (Å²) < 4.78 is 44.3. The topological polar surface area (TPSA) is 181 Å². The summed E-state index contributed by atoms with van der Waals surface area (Å²) in [6.07, 6.45) is 5.54. The Morgan fingerprint density at radius 3 is 1.33 bits per heavy atom. The zero-order chi connectivity index (χ0) is 62.5. The molecule has 83 heavy (non-hydrogen) atoms. The number of amides is 3. The van der Waals surface area contributed by atoms with E-state index in [2.05, 4.69) is 105 Å². The van der Waals surface area contributed by atoms with Gasteiger partial charge < -0.3 is 37.9 Å². The highest BCUT2D eigenvalue weighted by Gasteiger charge is 2.37. The molecule has 6 rings (SSSR count). The van der Waals surface area contributed by atoms with Gasteiger partial charge in [0.1, 0.15) is 49.4 Å². The summed E-state index contributed by atoms with van der Waals surface area (Å²) in [7, 11) is 6.17. The van der Waals surface area contributed by atoms with Crippen molar-refractivity contribution in [2.75, 3.05) is 54.9 Å². The number of benzene rings is 4. The van der Waals surface area contributed by atoms with E-state index in [0.29, 0.717) is 108 Å². The SMILES string of the molecule is CCc1c(C(=O)NN(C(=O)c2cc(OC)c(C)c(OC)c2)C(/C=C(\C)C(C)(C)C)C(C)(C)C)ccc2c1OCCO2.CCc1c(C(=O)NNC(/C=C(\C)C(C)(C)C)C(C)(C)C)ccc2c1OCCO2.COc1cc(C(=O)Cl)cc(OC)c1C. The van der Waals surface area contributed by atoms with Crippen LogP contribution in [0.15, 0.2) is 71.8 Å². The van der Waals surface area contributed by atoms with Crippen molar-refractivity contribution in [1.29, 1.82) is 0 Å². The number of carbonyl (C=O) groups is 4. The van der Waals surface area contributed by atoms with Crippen molar-refractivity contribution < 1.29 is 57.1 Å². The van der Waals surface area contributed by atoms with E-state index in [-0.39, 0.29) is 34.1 Å². The van der Waals surface area contributed by atoms with Crippen LogP contribution in [-0.2, 0) is 12.8 Å². The summed E-state index contributed by atoms with van der Waals surface area (Å²) in [5.41, 5.74) is 16.0. The van der Waals surface area contributed by atoms with Crippen LogP contribution < -0.4 is 54.2 Å². The second kappa shape index (κ2) is 29.1. The van der Waals surface area contributed by atoms with E-state index in [1.807, 2.05) is 60.6 Å². The first-order valence-corrected chi connectivity index (χ1v) is 28.6. The van der Waals surface area contributed by atoms with E-state index in [1.54, 1.807) is 50.6 Å². The van der Waals surface area contributed by atoms with Gasteiger partial charge in [-0.25, -0.2) is 10.4 Å². The van der Waals surface area contributed by atoms with E-state index in [0.717, 1.165) is 27.8 Å².